The van der Waals surface area contributed by atoms with Gasteiger partial charge in [-0.05, 0) is 32.4 Å². The Labute approximate surface area is 112 Å². The van der Waals surface area contributed by atoms with Gasteiger partial charge in [-0.1, -0.05) is 23.7 Å². The lowest BCUT2D eigenvalue weighted by atomic mass is 9.80. The zero-order valence-electron chi connectivity index (χ0n) is 10.6. The summed E-state index contributed by atoms with van der Waals surface area (Å²) in [5.74, 6) is -0.351. The first-order valence-corrected chi connectivity index (χ1v) is 5.93. The molecule has 0 atom stereocenters. The summed E-state index contributed by atoms with van der Waals surface area (Å²) in [5.41, 5.74) is 0.352. The summed E-state index contributed by atoms with van der Waals surface area (Å²) in [7, 11) is -1.62. The van der Waals surface area contributed by atoms with Crippen molar-refractivity contribution in [1.82, 2.24) is 0 Å². The van der Waals surface area contributed by atoms with E-state index in [4.69, 9.17) is 26.4 Å². The van der Waals surface area contributed by atoms with Crippen molar-refractivity contribution in [2.24, 2.45) is 0 Å². The zero-order valence-corrected chi connectivity index (χ0v) is 11.4. The van der Waals surface area contributed by atoms with Gasteiger partial charge in [0.25, 0.3) is 0 Å². The van der Waals surface area contributed by atoms with E-state index in [1.54, 1.807) is 26.8 Å². The standard InChI is InChI=1S/C12H16BClO4/c1-12(2,3)18-11(15)7-8-4-5-9(13(16)17)10(14)6-8/h4-6,16-17H,7H2,1-3H3. The van der Waals surface area contributed by atoms with E-state index in [0.29, 0.717) is 5.56 Å². The number of benzene rings is 1. The molecular formula is C12H16BClO4. The maximum atomic E-state index is 11.6. The van der Waals surface area contributed by atoms with Crippen LogP contribution in [0.3, 0.4) is 0 Å². The Hall–Kier alpha value is -1.04. The van der Waals surface area contributed by atoms with Crippen LogP contribution in [0.4, 0.5) is 0 Å². The van der Waals surface area contributed by atoms with Gasteiger partial charge in [-0.3, -0.25) is 4.79 Å². The molecule has 4 nitrogen and oxygen atoms in total. The number of carbonyl (C=O) groups is 1. The zero-order chi connectivity index (χ0) is 13.9. The van der Waals surface area contributed by atoms with Crippen molar-refractivity contribution in [3.05, 3.63) is 28.8 Å². The van der Waals surface area contributed by atoms with Crippen LogP contribution >= 0.6 is 11.6 Å². The number of ether oxygens (including phenoxy) is 1. The van der Waals surface area contributed by atoms with Crippen LogP contribution in [0, 0.1) is 0 Å². The molecule has 0 aliphatic rings. The molecule has 18 heavy (non-hydrogen) atoms. The predicted octanol–water partition coefficient (Wildman–Crippen LogP) is 0.904. The summed E-state index contributed by atoms with van der Waals surface area (Å²) in [6, 6.07) is 4.62. The molecule has 0 unspecified atom stereocenters. The number of hydrogen-bond donors (Lipinski definition) is 2. The van der Waals surface area contributed by atoms with Crippen LogP contribution in [-0.2, 0) is 16.0 Å². The molecule has 0 radical (unpaired) electrons. The third-order valence-electron chi connectivity index (χ3n) is 2.11. The van der Waals surface area contributed by atoms with Crippen LogP contribution in [0.2, 0.25) is 5.02 Å². The molecule has 0 amide bonds. The highest BCUT2D eigenvalue weighted by Crippen LogP contribution is 2.13. The van der Waals surface area contributed by atoms with E-state index in [1.807, 2.05) is 0 Å². The summed E-state index contributed by atoms with van der Waals surface area (Å²) in [6.07, 6.45) is 0.0960. The first-order valence-electron chi connectivity index (χ1n) is 5.55. The minimum absolute atomic E-state index is 0.0960. The summed E-state index contributed by atoms with van der Waals surface area (Å²) in [4.78, 5) is 11.6. The van der Waals surface area contributed by atoms with E-state index in [2.05, 4.69) is 0 Å². The highest BCUT2D eigenvalue weighted by atomic mass is 35.5. The third kappa shape index (κ3) is 4.68. The molecule has 1 aromatic carbocycles. The minimum Gasteiger partial charge on any atom is -0.460 e. The fourth-order valence-electron chi connectivity index (χ4n) is 1.43. The smallest absolute Gasteiger partial charge is 0.460 e. The van der Waals surface area contributed by atoms with Crippen LogP contribution in [0.1, 0.15) is 26.3 Å². The van der Waals surface area contributed by atoms with Gasteiger partial charge >= 0.3 is 13.1 Å². The van der Waals surface area contributed by atoms with Gasteiger partial charge in [-0.2, -0.15) is 0 Å². The Morgan fingerprint density at radius 3 is 2.44 bits per heavy atom. The van der Waals surface area contributed by atoms with Crippen molar-refractivity contribution in [1.29, 1.82) is 0 Å². The van der Waals surface area contributed by atoms with Gasteiger partial charge in [-0.15, -0.1) is 0 Å². The molecule has 2 N–H and O–H groups in total. The molecule has 98 valence electrons. The number of esters is 1. The van der Waals surface area contributed by atoms with Crippen LogP contribution < -0.4 is 5.46 Å². The van der Waals surface area contributed by atoms with Crippen LogP contribution in [0.25, 0.3) is 0 Å². The van der Waals surface area contributed by atoms with E-state index in [9.17, 15) is 4.79 Å². The highest BCUT2D eigenvalue weighted by molar-refractivity contribution is 6.62. The second-order valence-corrected chi connectivity index (χ2v) is 5.40. The minimum atomic E-state index is -1.62. The van der Waals surface area contributed by atoms with Crippen LogP contribution in [0.5, 0.6) is 0 Å². The molecule has 0 saturated heterocycles. The Morgan fingerprint density at radius 1 is 1.39 bits per heavy atom. The van der Waals surface area contributed by atoms with Crippen molar-refractivity contribution < 1.29 is 19.6 Å². The Morgan fingerprint density at radius 2 is 2.00 bits per heavy atom. The van der Waals surface area contributed by atoms with Gasteiger partial charge in [-0.25, -0.2) is 0 Å². The molecule has 0 spiro atoms. The lowest BCUT2D eigenvalue weighted by Gasteiger charge is -2.19. The van der Waals surface area contributed by atoms with Gasteiger partial charge in [0.15, 0.2) is 0 Å². The summed E-state index contributed by atoms with van der Waals surface area (Å²) in [6.45, 7) is 5.38. The molecule has 6 heteroatoms. The average Bonchev–Trinajstić information content (AvgIpc) is 2.13. The van der Waals surface area contributed by atoms with Crippen molar-refractivity contribution in [2.45, 2.75) is 32.8 Å². The normalized spacial score (nSPS) is 11.2. The molecule has 0 fully saturated rings. The van der Waals surface area contributed by atoms with Crippen molar-refractivity contribution >= 4 is 30.2 Å². The monoisotopic (exact) mass is 270 g/mol. The Bertz CT molecular complexity index is 440. The quantitative estimate of drug-likeness (QED) is 0.633. The van der Waals surface area contributed by atoms with Crippen LogP contribution in [-0.4, -0.2) is 28.7 Å². The molecule has 0 saturated carbocycles. The van der Waals surface area contributed by atoms with Gasteiger partial charge in [0.05, 0.1) is 6.42 Å². The molecule has 0 heterocycles. The van der Waals surface area contributed by atoms with E-state index in [-0.39, 0.29) is 22.9 Å². The molecule has 0 bridgehead atoms. The molecule has 0 aliphatic heterocycles. The molecule has 0 aliphatic carbocycles. The fraction of sp³-hybridized carbons (Fsp3) is 0.417. The topological polar surface area (TPSA) is 66.8 Å². The highest BCUT2D eigenvalue weighted by Gasteiger charge is 2.18. The van der Waals surface area contributed by atoms with Crippen molar-refractivity contribution in [3.8, 4) is 0 Å². The second kappa shape index (κ2) is 5.74. The Kier molecular flexibility index (Phi) is 4.79. The number of rotatable bonds is 3. The number of carbonyl (C=O) groups excluding carboxylic acids is 1. The first kappa shape index (κ1) is 15.0. The second-order valence-electron chi connectivity index (χ2n) is 4.99. The largest absolute Gasteiger partial charge is 0.489 e. The summed E-state index contributed by atoms with van der Waals surface area (Å²) in [5, 5.41) is 18.2. The van der Waals surface area contributed by atoms with Gasteiger partial charge in [0.2, 0.25) is 0 Å². The van der Waals surface area contributed by atoms with E-state index in [0.717, 1.165) is 0 Å². The SMILES string of the molecule is CC(C)(C)OC(=O)Cc1ccc(B(O)O)c(Cl)c1. The first-order chi connectivity index (χ1) is 8.19. The maximum Gasteiger partial charge on any atom is 0.489 e. The lowest BCUT2D eigenvalue weighted by molar-refractivity contribution is -0.153. The van der Waals surface area contributed by atoms with Crippen molar-refractivity contribution in [2.75, 3.05) is 0 Å². The van der Waals surface area contributed by atoms with Gasteiger partial charge < -0.3 is 14.8 Å². The number of halogens is 1. The summed E-state index contributed by atoms with van der Waals surface area (Å²) >= 11 is 5.87. The maximum absolute atomic E-state index is 11.6. The van der Waals surface area contributed by atoms with E-state index in [1.165, 1.54) is 12.1 Å². The van der Waals surface area contributed by atoms with Gasteiger partial charge in [0, 0.05) is 10.5 Å². The average molecular weight is 271 g/mol. The van der Waals surface area contributed by atoms with E-state index < -0.39 is 12.7 Å². The predicted molar refractivity (Wildman–Crippen MR) is 70.8 cm³/mol. The molecule has 1 aromatic rings. The van der Waals surface area contributed by atoms with Crippen molar-refractivity contribution in [3.63, 3.8) is 0 Å². The molecular weight excluding hydrogens is 254 g/mol. The van der Waals surface area contributed by atoms with E-state index >= 15 is 0 Å². The Balaban J connectivity index is 2.75. The number of hydrogen-bond acceptors (Lipinski definition) is 4. The lowest BCUT2D eigenvalue weighted by Crippen LogP contribution is -2.31. The third-order valence-corrected chi connectivity index (χ3v) is 2.44. The van der Waals surface area contributed by atoms with Crippen LogP contribution in [0.15, 0.2) is 18.2 Å². The molecule has 1 rings (SSSR count). The van der Waals surface area contributed by atoms with Gasteiger partial charge in [0.1, 0.15) is 5.60 Å². The fourth-order valence-corrected chi connectivity index (χ4v) is 1.73. The molecule has 0 aromatic heterocycles. The summed E-state index contributed by atoms with van der Waals surface area (Å²) < 4.78 is 5.18.